The number of aliphatic hydroxyl groups excluding tert-OH is 1. The summed E-state index contributed by atoms with van der Waals surface area (Å²) in [6.45, 7) is 3.66. The second-order valence-electron chi connectivity index (χ2n) is 3.64. The first-order valence-corrected chi connectivity index (χ1v) is 6.76. The van der Waals surface area contributed by atoms with Crippen LogP contribution < -0.4 is 0 Å². The number of allylic oxidation sites excluding steroid dienone is 1. The molecule has 0 radical (unpaired) electrons. The Kier molecular flexibility index (Phi) is 6.62. The Balaban J connectivity index is 2.23. The Morgan fingerprint density at radius 2 is 2.06 bits per heavy atom. The van der Waals surface area contributed by atoms with Gasteiger partial charge in [-0.05, 0) is 43.5 Å². The van der Waals surface area contributed by atoms with Gasteiger partial charge >= 0.3 is 0 Å². The first-order chi connectivity index (χ1) is 7.72. The van der Waals surface area contributed by atoms with Gasteiger partial charge in [-0.2, -0.15) is 0 Å². The van der Waals surface area contributed by atoms with Crippen molar-refractivity contribution >= 4 is 23.4 Å². The van der Waals surface area contributed by atoms with Gasteiger partial charge in [0.1, 0.15) is 0 Å². The average molecular weight is 257 g/mol. The molecular formula is C13H17ClOS. The third kappa shape index (κ3) is 5.59. The van der Waals surface area contributed by atoms with Crippen molar-refractivity contribution in [1.29, 1.82) is 0 Å². The van der Waals surface area contributed by atoms with E-state index < -0.39 is 0 Å². The molecule has 0 saturated carbocycles. The highest BCUT2D eigenvalue weighted by atomic mass is 35.5. The lowest BCUT2D eigenvalue weighted by atomic mass is 10.2. The quantitative estimate of drug-likeness (QED) is 0.449. The van der Waals surface area contributed by atoms with Gasteiger partial charge in [0.2, 0.25) is 0 Å². The Morgan fingerprint density at radius 1 is 1.38 bits per heavy atom. The summed E-state index contributed by atoms with van der Waals surface area (Å²) in [7, 11) is 0. The lowest BCUT2D eigenvalue weighted by Gasteiger charge is -2.09. The van der Waals surface area contributed by atoms with Crippen molar-refractivity contribution in [2.45, 2.75) is 30.3 Å². The molecule has 0 aliphatic carbocycles. The molecule has 0 spiro atoms. The molecule has 0 bridgehead atoms. The first kappa shape index (κ1) is 13.6. The second-order valence-corrected chi connectivity index (χ2v) is 5.17. The number of unbranched alkanes of at least 4 members (excludes halogenated alkanes) is 1. The minimum Gasteiger partial charge on any atom is -0.392 e. The predicted octanol–water partition coefficient (Wildman–Crippen LogP) is 4.15. The van der Waals surface area contributed by atoms with Crippen molar-refractivity contribution in [3.63, 3.8) is 0 Å². The summed E-state index contributed by atoms with van der Waals surface area (Å²) < 4.78 is 0. The standard InChI is InChI=1S/C13H17ClOS/c1-2-3-4-5-12(15)10-16-13-8-6-11(14)7-9-13/h2,6-9,12,15H,1,3-5,10H2. The minimum absolute atomic E-state index is 0.236. The van der Waals surface area contributed by atoms with Crippen LogP contribution in [0.5, 0.6) is 0 Å². The third-order valence-electron chi connectivity index (χ3n) is 2.20. The lowest BCUT2D eigenvalue weighted by Crippen LogP contribution is -2.09. The van der Waals surface area contributed by atoms with E-state index in [1.165, 1.54) is 0 Å². The number of halogens is 1. The Bertz CT molecular complexity index is 310. The minimum atomic E-state index is -0.236. The zero-order valence-electron chi connectivity index (χ0n) is 9.23. The number of benzene rings is 1. The monoisotopic (exact) mass is 256 g/mol. The molecule has 0 heterocycles. The van der Waals surface area contributed by atoms with Crippen molar-refractivity contribution in [2.24, 2.45) is 0 Å². The number of hydrogen-bond acceptors (Lipinski definition) is 2. The zero-order valence-corrected chi connectivity index (χ0v) is 10.8. The van der Waals surface area contributed by atoms with Gasteiger partial charge < -0.3 is 5.11 Å². The van der Waals surface area contributed by atoms with E-state index in [0.717, 1.165) is 34.9 Å². The Morgan fingerprint density at radius 3 is 2.69 bits per heavy atom. The van der Waals surface area contributed by atoms with E-state index in [0.29, 0.717) is 0 Å². The fraction of sp³-hybridized carbons (Fsp3) is 0.385. The van der Waals surface area contributed by atoms with Gasteiger partial charge in [-0.1, -0.05) is 17.7 Å². The maximum Gasteiger partial charge on any atom is 0.0634 e. The maximum atomic E-state index is 9.71. The van der Waals surface area contributed by atoms with Gasteiger partial charge in [-0.25, -0.2) is 0 Å². The summed E-state index contributed by atoms with van der Waals surface area (Å²) in [6.07, 6.45) is 4.47. The molecule has 1 aromatic rings. The van der Waals surface area contributed by atoms with Crippen LogP contribution in [0.4, 0.5) is 0 Å². The molecule has 0 aromatic heterocycles. The molecule has 0 saturated heterocycles. The number of hydrogen-bond donors (Lipinski definition) is 1. The summed E-state index contributed by atoms with van der Waals surface area (Å²) in [5.74, 6) is 0.735. The van der Waals surface area contributed by atoms with Crippen LogP contribution in [0.15, 0.2) is 41.8 Å². The molecule has 0 fully saturated rings. The lowest BCUT2D eigenvalue weighted by molar-refractivity contribution is 0.186. The van der Waals surface area contributed by atoms with Crippen LogP contribution in [-0.4, -0.2) is 17.0 Å². The fourth-order valence-electron chi connectivity index (χ4n) is 1.30. The highest BCUT2D eigenvalue weighted by Crippen LogP contribution is 2.21. The Hall–Kier alpha value is -0.440. The molecule has 88 valence electrons. The third-order valence-corrected chi connectivity index (χ3v) is 3.61. The van der Waals surface area contributed by atoms with E-state index >= 15 is 0 Å². The molecule has 1 atom stereocenters. The van der Waals surface area contributed by atoms with Crippen molar-refractivity contribution in [2.75, 3.05) is 5.75 Å². The van der Waals surface area contributed by atoms with Crippen LogP contribution >= 0.6 is 23.4 Å². The van der Waals surface area contributed by atoms with Crippen LogP contribution in [0, 0.1) is 0 Å². The van der Waals surface area contributed by atoms with Crippen LogP contribution in [0.3, 0.4) is 0 Å². The Labute approximate surface area is 107 Å². The molecule has 1 unspecified atom stereocenters. The van der Waals surface area contributed by atoms with E-state index in [1.54, 1.807) is 11.8 Å². The van der Waals surface area contributed by atoms with Gasteiger partial charge in [0, 0.05) is 15.7 Å². The van der Waals surface area contributed by atoms with Crippen molar-refractivity contribution < 1.29 is 5.11 Å². The van der Waals surface area contributed by atoms with Gasteiger partial charge in [0.25, 0.3) is 0 Å². The molecule has 0 aliphatic heterocycles. The second kappa shape index (κ2) is 7.77. The summed E-state index contributed by atoms with van der Waals surface area (Å²) >= 11 is 7.45. The summed E-state index contributed by atoms with van der Waals surface area (Å²) in [4.78, 5) is 1.15. The predicted molar refractivity (Wildman–Crippen MR) is 72.2 cm³/mol. The smallest absolute Gasteiger partial charge is 0.0634 e. The van der Waals surface area contributed by atoms with E-state index in [1.807, 2.05) is 30.3 Å². The van der Waals surface area contributed by atoms with Crippen LogP contribution in [0.2, 0.25) is 5.02 Å². The van der Waals surface area contributed by atoms with Crippen molar-refractivity contribution in [3.8, 4) is 0 Å². The molecule has 1 aromatic carbocycles. The van der Waals surface area contributed by atoms with E-state index in [2.05, 4.69) is 6.58 Å². The normalized spacial score (nSPS) is 12.4. The average Bonchev–Trinajstić information content (AvgIpc) is 2.29. The summed E-state index contributed by atoms with van der Waals surface area (Å²) in [5.41, 5.74) is 0. The van der Waals surface area contributed by atoms with Crippen LogP contribution in [0.1, 0.15) is 19.3 Å². The zero-order chi connectivity index (χ0) is 11.8. The molecule has 1 nitrogen and oxygen atoms in total. The van der Waals surface area contributed by atoms with Gasteiger partial charge in [-0.15, -0.1) is 18.3 Å². The molecule has 1 rings (SSSR count). The van der Waals surface area contributed by atoms with Crippen molar-refractivity contribution in [1.82, 2.24) is 0 Å². The number of thioether (sulfide) groups is 1. The fourth-order valence-corrected chi connectivity index (χ4v) is 2.31. The SMILES string of the molecule is C=CCCCC(O)CSc1ccc(Cl)cc1. The largest absolute Gasteiger partial charge is 0.392 e. The summed E-state index contributed by atoms with van der Waals surface area (Å²) in [6, 6.07) is 7.69. The topological polar surface area (TPSA) is 20.2 Å². The number of rotatable bonds is 7. The van der Waals surface area contributed by atoms with E-state index in [-0.39, 0.29) is 6.10 Å². The molecule has 0 aliphatic rings. The molecule has 3 heteroatoms. The van der Waals surface area contributed by atoms with Gasteiger partial charge in [0.05, 0.1) is 6.10 Å². The summed E-state index contributed by atoms with van der Waals surface area (Å²) in [5, 5.41) is 10.5. The maximum absolute atomic E-state index is 9.71. The van der Waals surface area contributed by atoms with Crippen molar-refractivity contribution in [3.05, 3.63) is 41.9 Å². The highest BCUT2D eigenvalue weighted by molar-refractivity contribution is 7.99. The van der Waals surface area contributed by atoms with E-state index in [9.17, 15) is 5.11 Å². The number of aliphatic hydroxyl groups is 1. The van der Waals surface area contributed by atoms with Crippen LogP contribution in [0.25, 0.3) is 0 Å². The van der Waals surface area contributed by atoms with E-state index in [4.69, 9.17) is 11.6 Å². The first-order valence-electron chi connectivity index (χ1n) is 5.39. The van der Waals surface area contributed by atoms with Gasteiger partial charge in [-0.3, -0.25) is 0 Å². The highest BCUT2D eigenvalue weighted by Gasteiger charge is 2.04. The molecular weight excluding hydrogens is 240 g/mol. The molecule has 1 N–H and O–H groups in total. The molecule has 16 heavy (non-hydrogen) atoms. The van der Waals surface area contributed by atoms with Crippen LogP contribution in [-0.2, 0) is 0 Å². The molecule has 0 amide bonds. The van der Waals surface area contributed by atoms with Gasteiger partial charge in [0.15, 0.2) is 0 Å².